The topological polar surface area (TPSA) is 80.9 Å². The zero-order valence-electron chi connectivity index (χ0n) is 18.3. The van der Waals surface area contributed by atoms with Gasteiger partial charge in [0.15, 0.2) is 5.82 Å². The third kappa shape index (κ3) is 3.72. The second-order valence-corrected chi connectivity index (χ2v) is 8.43. The molecule has 0 spiro atoms. The summed E-state index contributed by atoms with van der Waals surface area (Å²) in [6.45, 7) is 0. The fourth-order valence-corrected chi connectivity index (χ4v) is 4.15. The minimum atomic E-state index is -4.52. The van der Waals surface area contributed by atoms with Gasteiger partial charge in [0.1, 0.15) is 11.6 Å². The highest BCUT2D eigenvalue weighted by Gasteiger charge is 2.31. The maximum atomic E-state index is 14.7. The van der Waals surface area contributed by atoms with Crippen LogP contribution in [-0.2, 0) is 6.18 Å². The van der Waals surface area contributed by atoms with E-state index in [0.717, 1.165) is 30.7 Å². The number of nitrogens with zero attached hydrogens (tertiary/aromatic N) is 6. The van der Waals surface area contributed by atoms with E-state index in [9.17, 15) is 17.6 Å². The maximum Gasteiger partial charge on any atom is 0.416 e. The third-order valence-corrected chi connectivity index (χ3v) is 6.03. The quantitative estimate of drug-likeness (QED) is 0.344. The van der Waals surface area contributed by atoms with Crippen molar-refractivity contribution in [3.8, 4) is 22.6 Å². The number of halogens is 4. The molecule has 3 heterocycles. The van der Waals surface area contributed by atoms with Crippen LogP contribution in [0.1, 0.15) is 30.0 Å². The molecule has 0 radical (unpaired) electrons. The monoisotopic (exact) mass is 479 g/mol. The van der Waals surface area contributed by atoms with Crippen molar-refractivity contribution in [2.24, 2.45) is 0 Å². The molecule has 1 saturated carbocycles. The maximum absolute atomic E-state index is 14.7. The standard InChI is InChI=1S/C24H17F4N7/c1-29-21-17-9-15(24(26,27)28)4-5-20(17)35-22(33-34-23(35)32-21)14-6-13(7-16(25)8-14)19-11-30-18(10-31-19)12-2-3-12/h4-12H,2-3H2,1H3,(H,29,32,34). The van der Waals surface area contributed by atoms with Crippen molar-refractivity contribution in [1.82, 2.24) is 29.5 Å². The lowest BCUT2D eigenvalue weighted by Crippen LogP contribution is -2.06. The molecule has 0 atom stereocenters. The summed E-state index contributed by atoms with van der Waals surface area (Å²) in [5.41, 5.74) is 1.88. The smallest absolute Gasteiger partial charge is 0.372 e. The van der Waals surface area contributed by atoms with Crippen molar-refractivity contribution >= 4 is 22.5 Å². The Bertz CT molecular complexity index is 1590. The summed E-state index contributed by atoms with van der Waals surface area (Å²) in [5, 5.41) is 11.3. The van der Waals surface area contributed by atoms with Gasteiger partial charge >= 0.3 is 6.18 Å². The van der Waals surface area contributed by atoms with Crippen LogP contribution in [0.2, 0.25) is 0 Å². The molecule has 5 aromatic rings. The molecular weight excluding hydrogens is 462 g/mol. The second-order valence-electron chi connectivity index (χ2n) is 8.43. The summed E-state index contributed by atoms with van der Waals surface area (Å²) in [7, 11) is 1.56. The van der Waals surface area contributed by atoms with Crippen molar-refractivity contribution in [2.45, 2.75) is 24.9 Å². The molecule has 0 aliphatic heterocycles. The average molecular weight is 479 g/mol. The largest absolute Gasteiger partial charge is 0.416 e. The molecule has 1 N–H and O–H groups in total. The Morgan fingerprint density at radius 1 is 0.971 bits per heavy atom. The number of hydrogen-bond acceptors (Lipinski definition) is 6. The summed E-state index contributed by atoms with van der Waals surface area (Å²) < 4.78 is 56.2. The fourth-order valence-electron chi connectivity index (χ4n) is 4.15. The van der Waals surface area contributed by atoms with Crippen LogP contribution in [0.15, 0.2) is 48.8 Å². The van der Waals surface area contributed by atoms with Crippen molar-refractivity contribution in [3.05, 3.63) is 65.9 Å². The molecule has 0 saturated heterocycles. The van der Waals surface area contributed by atoms with Crippen molar-refractivity contribution < 1.29 is 17.6 Å². The van der Waals surface area contributed by atoms with Crippen LogP contribution >= 0.6 is 0 Å². The lowest BCUT2D eigenvalue weighted by Gasteiger charge is -2.12. The van der Waals surface area contributed by atoms with Crippen LogP contribution in [0.3, 0.4) is 0 Å². The van der Waals surface area contributed by atoms with Crippen molar-refractivity contribution in [3.63, 3.8) is 0 Å². The van der Waals surface area contributed by atoms with Crippen molar-refractivity contribution in [1.29, 1.82) is 0 Å². The Morgan fingerprint density at radius 2 is 1.77 bits per heavy atom. The summed E-state index contributed by atoms with van der Waals surface area (Å²) in [5.74, 6) is 0.552. The Morgan fingerprint density at radius 3 is 2.46 bits per heavy atom. The molecule has 1 fully saturated rings. The van der Waals surface area contributed by atoms with Crippen LogP contribution in [0.5, 0.6) is 0 Å². The number of rotatable bonds is 4. The summed E-state index contributed by atoms with van der Waals surface area (Å²) in [6, 6.07) is 7.67. The summed E-state index contributed by atoms with van der Waals surface area (Å²) >= 11 is 0. The van der Waals surface area contributed by atoms with Gasteiger partial charge in [-0.3, -0.25) is 14.4 Å². The Kier molecular flexibility index (Phi) is 4.70. The minimum Gasteiger partial charge on any atom is -0.372 e. The molecule has 1 aliphatic rings. The molecule has 176 valence electrons. The van der Waals surface area contributed by atoms with Crippen molar-refractivity contribution in [2.75, 3.05) is 12.4 Å². The van der Waals surface area contributed by atoms with E-state index in [2.05, 4.69) is 30.5 Å². The van der Waals surface area contributed by atoms with Gasteiger partial charge in [0.2, 0.25) is 0 Å². The van der Waals surface area contributed by atoms with E-state index in [-0.39, 0.29) is 22.8 Å². The van der Waals surface area contributed by atoms with Gasteiger partial charge in [-0.25, -0.2) is 4.39 Å². The van der Waals surface area contributed by atoms with Crippen LogP contribution in [-0.4, -0.2) is 36.6 Å². The van der Waals surface area contributed by atoms with Gasteiger partial charge in [-0.15, -0.1) is 10.2 Å². The number of fused-ring (bicyclic) bond motifs is 3. The van der Waals surface area contributed by atoms with Gasteiger partial charge in [-0.2, -0.15) is 18.2 Å². The molecule has 7 nitrogen and oxygen atoms in total. The highest BCUT2D eigenvalue weighted by molar-refractivity contribution is 5.93. The van der Waals surface area contributed by atoms with E-state index in [4.69, 9.17) is 0 Å². The molecule has 0 amide bonds. The van der Waals surface area contributed by atoms with Gasteiger partial charge in [-0.1, -0.05) is 0 Å². The molecule has 0 bridgehead atoms. The van der Waals surface area contributed by atoms with E-state index >= 15 is 0 Å². The van der Waals surface area contributed by atoms with E-state index in [1.54, 1.807) is 25.5 Å². The van der Waals surface area contributed by atoms with Crippen LogP contribution in [0, 0.1) is 5.82 Å². The number of nitrogens with one attached hydrogen (secondary N) is 1. The molecule has 0 unspecified atom stereocenters. The molecule has 11 heteroatoms. The molecule has 35 heavy (non-hydrogen) atoms. The van der Waals surface area contributed by atoms with Gasteiger partial charge < -0.3 is 5.32 Å². The van der Waals surface area contributed by atoms with Gasteiger partial charge in [-0.05, 0) is 49.2 Å². The SMILES string of the molecule is CNc1nc2nnc(-c3cc(F)cc(-c4cnc(C5CC5)cn4)c3)n2c2ccc(C(F)(F)F)cc12. The highest BCUT2D eigenvalue weighted by Crippen LogP contribution is 2.39. The molecule has 1 aliphatic carbocycles. The van der Waals surface area contributed by atoms with E-state index < -0.39 is 17.6 Å². The zero-order valence-corrected chi connectivity index (χ0v) is 18.3. The normalized spacial score (nSPS) is 14.1. The highest BCUT2D eigenvalue weighted by atomic mass is 19.4. The first-order valence-corrected chi connectivity index (χ1v) is 10.9. The third-order valence-electron chi connectivity index (χ3n) is 6.03. The molecule has 6 rings (SSSR count). The van der Waals surface area contributed by atoms with E-state index in [1.807, 2.05) is 0 Å². The first-order valence-electron chi connectivity index (χ1n) is 10.9. The number of benzene rings is 2. The van der Waals surface area contributed by atoms with Gasteiger partial charge in [0, 0.05) is 35.7 Å². The number of alkyl halides is 3. The number of aromatic nitrogens is 6. The lowest BCUT2D eigenvalue weighted by atomic mass is 10.1. The first-order chi connectivity index (χ1) is 16.8. The molecular formula is C24H17F4N7. The number of hydrogen-bond donors (Lipinski definition) is 1. The first kappa shape index (κ1) is 21.4. The average Bonchev–Trinajstić information content (AvgIpc) is 3.61. The van der Waals surface area contributed by atoms with Gasteiger partial charge in [0.25, 0.3) is 5.78 Å². The predicted octanol–water partition coefficient (Wildman–Crippen LogP) is 5.48. The van der Waals surface area contributed by atoms with E-state index in [0.29, 0.717) is 28.3 Å². The Labute approximate surface area is 195 Å². The predicted molar refractivity (Wildman–Crippen MR) is 121 cm³/mol. The number of anilines is 1. The Balaban J connectivity index is 1.52. The van der Waals surface area contributed by atoms with Crippen LogP contribution in [0.4, 0.5) is 23.4 Å². The van der Waals surface area contributed by atoms with Crippen LogP contribution in [0.25, 0.3) is 39.3 Å². The fraction of sp³-hybridized carbons (Fsp3) is 0.208. The lowest BCUT2D eigenvalue weighted by molar-refractivity contribution is -0.137. The Hall–Kier alpha value is -4.15. The minimum absolute atomic E-state index is 0.163. The van der Waals surface area contributed by atoms with Gasteiger partial charge in [0.05, 0.1) is 28.7 Å². The zero-order chi connectivity index (χ0) is 24.3. The second kappa shape index (κ2) is 7.69. The van der Waals surface area contributed by atoms with E-state index in [1.165, 1.54) is 22.6 Å². The molecule has 3 aromatic heterocycles. The van der Waals surface area contributed by atoms with Crippen LogP contribution < -0.4 is 5.32 Å². The summed E-state index contributed by atoms with van der Waals surface area (Å²) in [4.78, 5) is 13.2. The molecule has 2 aromatic carbocycles. The summed E-state index contributed by atoms with van der Waals surface area (Å²) in [6.07, 6.45) is 0.999.